The lowest BCUT2D eigenvalue weighted by Gasteiger charge is -2.06. The monoisotopic (exact) mass is 180 g/mol. The van der Waals surface area contributed by atoms with Gasteiger partial charge in [-0.3, -0.25) is 0 Å². The Balaban J connectivity index is 3.05. The second-order valence-electron chi connectivity index (χ2n) is 2.39. The van der Waals surface area contributed by atoms with Crippen LogP contribution in [0, 0.1) is 0 Å². The lowest BCUT2D eigenvalue weighted by molar-refractivity contribution is 0.355. The minimum atomic E-state index is 0.667. The van der Waals surface area contributed by atoms with Crippen molar-refractivity contribution in [1.29, 1.82) is 0 Å². The van der Waals surface area contributed by atoms with Crippen LogP contribution in [0.1, 0.15) is 5.56 Å². The second-order valence-corrected chi connectivity index (χ2v) is 2.39. The van der Waals surface area contributed by atoms with Gasteiger partial charge in [-0.15, -0.1) is 0 Å². The molecule has 0 amide bonds. The average Bonchev–Trinajstić information content (AvgIpc) is 2.18. The van der Waals surface area contributed by atoms with Crippen LogP contribution in [-0.2, 0) is 0 Å². The highest BCUT2D eigenvalue weighted by Gasteiger charge is 2.02. The molecule has 0 heterocycles. The molecule has 0 aliphatic rings. The van der Waals surface area contributed by atoms with Crippen molar-refractivity contribution < 1.29 is 9.47 Å². The molecular formula is C9H12N2O2. The molecule has 13 heavy (non-hydrogen) atoms. The highest BCUT2D eigenvalue weighted by molar-refractivity contribution is 5.80. The normalized spacial score (nSPS) is 10.3. The summed E-state index contributed by atoms with van der Waals surface area (Å²) in [6.07, 6.45) is 1.54. The number of rotatable bonds is 3. The first-order valence-electron chi connectivity index (χ1n) is 3.77. The van der Waals surface area contributed by atoms with E-state index in [2.05, 4.69) is 5.10 Å². The Morgan fingerprint density at radius 2 is 1.92 bits per heavy atom. The number of hydrogen-bond acceptors (Lipinski definition) is 4. The molecule has 0 unspecified atom stereocenters. The summed E-state index contributed by atoms with van der Waals surface area (Å²) in [4.78, 5) is 0. The van der Waals surface area contributed by atoms with Crippen molar-refractivity contribution >= 4 is 6.21 Å². The molecule has 0 bridgehead atoms. The fourth-order valence-corrected chi connectivity index (χ4v) is 1.02. The van der Waals surface area contributed by atoms with Gasteiger partial charge >= 0.3 is 0 Å². The van der Waals surface area contributed by atoms with Gasteiger partial charge in [0.25, 0.3) is 0 Å². The molecule has 0 aliphatic carbocycles. The first-order valence-corrected chi connectivity index (χ1v) is 3.77. The van der Waals surface area contributed by atoms with Crippen LogP contribution in [0.3, 0.4) is 0 Å². The first kappa shape index (κ1) is 9.38. The number of nitrogens with two attached hydrogens (primary N) is 1. The highest BCUT2D eigenvalue weighted by atomic mass is 16.5. The van der Waals surface area contributed by atoms with Crippen molar-refractivity contribution in [2.45, 2.75) is 0 Å². The second kappa shape index (κ2) is 4.35. The average molecular weight is 180 g/mol. The van der Waals surface area contributed by atoms with Crippen LogP contribution in [0.2, 0.25) is 0 Å². The van der Waals surface area contributed by atoms with E-state index in [-0.39, 0.29) is 0 Å². The fraction of sp³-hybridized carbons (Fsp3) is 0.222. The molecule has 4 nitrogen and oxygen atoms in total. The molecule has 1 aromatic rings. The maximum Gasteiger partial charge on any atom is 0.161 e. The first-order chi connectivity index (χ1) is 6.31. The molecule has 0 aliphatic heterocycles. The van der Waals surface area contributed by atoms with Gasteiger partial charge in [0.2, 0.25) is 0 Å². The van der Waals surface area contributed by atoms with E-state index in [1.54, 1.807) is 32.6 Å². The molecule has 0 saturated carbocycles. The summed E-state index contributed by atoms with van der Waals surface area (Å²) < 4.78 is 10.2. The molecule has 0 radical (unpaired) electrons. The van der Waals surface area contributed by atoms with Crippen LogP contribution >= 0.6 is 0 Å². The van der Waals surface area contributed by atoms with Crippen LogP contribution < -0.4 is 15.3 Å². The molecule has 4 heteroatoms. The quantitative estimate of drug-likeness (QED) is 0.429. The Labute approximate surface area is 77.0 Å². The maximum absolute atomic E-state index is 5.10. The van der Waals surface area contributed by atoms with Gasteiger partial charge in [-0.1, -0.05) is 0 Å². The number of methoxy groups -OCH3 is 2. The lowest BCUT2D eigenvalue weighted by Crippen LogP contribution is -1.92. The van der Waals surface area contributed by atoms with Gasteiger partial charge in [0.05, 0.1) is 20.4 Å². The smallest absolute Gasteiger partial charge is 0.161 e. The predicted octanol–water partition coefficient (Wildman–Crippen LogP) is 0.996. The topological polar surface area (TPSA) is 56.8 Å². The molecule has 1 aromatic carbocycles. The van der Waals surface area contributed by atoms with Gasteiger partial charge in [0.15, 0.2) is 11.5 Å². The van der Waals surface area contributed by atoms with E-state index in [4.69, 9.17) is 15.3 Å². The minimum absolute atomic E-state index is 0.667. The van der Waals surface area contributed by atoms with Crippen LogP contribution in [-0.4, -0.2) is 20.4 Å². The van der Waals surface area contributed by atoms with Gasteiger partial charge in [-0.25, -0.2) is 0 Å². The Hall–Kier alpha value is -1.71. The third-order valence-corrected chi connectivity index (χ3v) is 1.63. The van der Waals surface area contributed by atoms with E-state index in [9.17, 15) is 0 Å². The summed E-state index contributed by atoms with van der Waals surface area (Å²) in [7, 11) is 3.18. The van der Waals surface area contributed by atoms with Gasteiger partial charge in [0.1, 0.15) is 0 Å². The van der Waals surface area contributed by atoms with Gasteiger partial charge in [0, 0.05) is 0 Å². The van der Waals surface area contributed by atoms with E-state index in [0.717, 1.165) is 5.56 Å². The van der Waals surface area contributed by atoms with Crippen LogP contribution in [0.4, 0.5) is 0 Å². The molecule has 0 fully saturated rings. The Bertz CT molecular complexity index is 310. The summed E-state index contributed by atoms with van der Waals surface area (Å²) in [5.74, 6) is 6.38. The van der Waals surface area contributed by atoms with Crippen molar-refractivity contribution in [3.8, 4) is 11.5 Å². The van der Waals surface area contributed by atoms with Crippen molar-refractivity contribution in [2.75, 3.05) is 14.2 Å². The summed E-state index contributed by atoms with van der Waals surface area (Å²) >= 11 is 0. The molecule has 0 atom stereocenters. The van der Waals surface area contributed by atoms with E-state index in [1.165, 1.54) is 0 Å². The zero-order valence-corrected chi connectivity index (χ0v) is 7.65. The molecule has 70 valence electrons. The van der Waals surface area contributed by atoms with Crippen molar-refractivity contribution in [3.63, 3.8) is 0 Å². The summed E-state index contributed by atoms with van der Waals surface area (Å²) in [6, 6.07) is 5.45. The predicted molar refractivity (Wildman–Crippen MR) is 51.3 cm³/mol. The number of nitrogens with zero attached hydrogens (tertiary/aromatic N) is 1. The standard InChI is InChI=1S/C9H12N2O2/c1-12-8-4-3-7(6-11-10)5-9(8)13-2/h3-6H,10H2,1-2H3. The summed E-state index contributed by atoms with van der Waals surface area (Å²) in [5.41, 5.74) is 0.875. The van der Waals surface area contributed by atoms with Gasteiger partial charge < -0.3 is 15.3 Å². The SMILES string of the molecule is COc1ccc(C=NN)cc1OC. The van der Waals surface area contributed by atoms with Gasteiger partial charge in [-0.05, 0) is 23.8 Å². The minimum Gasteiger partial charge on any atom is -0.493 e. The van der Waals surface area contributed by atoms with E-state index in [0.29, 0.717) is 11.5 Å². The summed E-state index contributed by atoms with van der Waals surface area (Å²) in [6.45, 7) is 0. The molecular weight excluding hydrogens is 168 g/mol. The van der Waals surface area contributed by atoms with E-state index < -0.39 is 0 Å². The molecule has 2 N–H and O–H groups in total. The number of benzene rings is 1. The maximum atomic E-state index is 5.10. The Morgan fingerprint density at radius 3 is 2.46 bits per heavy atom. The number of hydrazone groups is 1. The number of hydrogen-bond donors (Lipinski definition) is 1. The molecule has 0 spiro atoms. The Kier molecular flexibility index (Phi) is 3.14. The van der Waals surface area contributed by atoms with Crippen LogP contribution in [0.25, 0.3) is 0 Å². The number of ether oxygens (including phenoxy) is 2. The van der Waals surface area contributed by atoms with Crippen LogP contribution in [0.5, 0.6) is 11.5 Å². The van der Waals surface area contributed by atoms with Crippen molar-refractivity contribution in [2.24, 2.45) is 10.9 Å². The zero-order valence-electron chi connectivity index (χ0n) is 7.65. The molecule has 0 saturated heterocycles. The van der Waals surface area contributed by atoms with E-state index in [1.807, 2.05) is 6.07 Å². The highest BCUT2D eigenvalue weighted by Crippen LogP contribution is 2.26. The van der Waals surface area contributed by atoms with E-state index >= 15 is 0 Å². The van der Waals surface area contributed by atoms with Crippen molar-refractivity contribution in [1.82, 2.24) is 0 Å². The third-order valence-electron chi connectivity index (χ3n) is 1.63. The van der Waals surface area contributed by atoms with Gasteiger partial charge in [-0.2, -0.15) is 5.10 Å². The van der Waals surface area contributed by atoms with Crippen LogP contribution in [0.15, 0.2) is 23.3 Å². The third kappa shape index (κ3) is 2.11. The zero-order chi connectivity index (χ0) is 9.68. The Morgan fingerprint density at radius 1 is 1.23 bits per heavy atom. The lowest BCUT2D eigenvalue weighted by atomic mass is 10.2. The van der Waals surface area contributed by atoms with Crippen molar-refractivity contribution in [3.05, 3.63) is 23.8 Å². The molecule has 0 aromatic heterocycles. The fourth-order valence-electron chi connectivity index (χ4n) is 1.02. The largest absolute Gasteiger partial charge is 0.493 e. The summed E-state index contributed by atoms with van der Waals surface area (Å²) in [5, 5.41) is 3.42. The molecule has 1 rings (SSSR count).